The Kier molecular flexibility index (Phi) is 7.96. The van der Waals surface area contributed by atoms with Crippen LogP contribution in [-0.2, 0) is 6.42 Å². The maximum atomic E-state index is 6.24. The first kappa shape index (κ1) is 20.5. The minimum absolute atomic E-state index is 0.140. The summed E-state index contributed by atoms with van der Waals surface area (Å²) in [6, 6.07) is 8.33. The first-order chi connectivity index (χ1) is 12.0. The van der Waals surface area contributed by atoms with E-state index in [0.717, 1.165) is 49.5 Å². The number of hydrogen-bond acceptors (Lipinski definition) is 2. The molecule has 0 amide bonds. The van der Waals surface area contributed by atoms with Crippen LogP contribution in [0.15, 0.2) is 48.7 Å². The molecule has 1 heterocycles. The number of thioether (sulfide) groups is 1. The summed E-state index contributed by atoms with van der Waals surface area (Å²) in [5.74, 6) is 1.15. The maximum absolute atomic E-state index is 6.24. The molecule has 0 N–H and O–H groups in total. The van der Waals surface area contributed by atoms with Gasteiger partial charge >= 0.3 is 0 Å². The summed E-state index contributed by atoms with van der Waals surface area (Å²) >= 11 is 8.13. The SMILES string of the molecule is C=C(CCSC)N1CCCC(Cc2cccc(Cl)c2)(C(=C)CCC)C1. The average molecular weight is 378 g/mol. The van der Waals surface area contributed by atoms with Gasteiger partial charge in [0.15, 0.2) is 0 Å². The Labute approximate surface area is 163 Å². The fraction of sp³-hybridized carbons (Fsp3) is 0.545. The second-order valence-electron chi connectivity index (χ2n) is 7.27. The molecular formula is C22H32ClNS. The minimum atomic E-state index is 0.140. The van der Waals surface area contributed by atoms with Gasteiger partial charge in [-0.3, -0.25) is 0 Å². The van der Waals surface area contributed by atoms with Gasteiger partial charge in [0.1, 0.15) is 0 Å². The van der Waals surface area contributed by atoms with Gasteiger partial charge < -0.3 is 4.90 Å². The van der Waals surface area contributed by atoms with Crippen molar-refractivity contribution in [1.29, 1.82) is 0 Å². The number of allylic oxidation sites excluding steroid dienone is 1. The molecule has 25 heavy (non-hydrogen) atoms. The molecule has 0 bridgehead atoms. The number of rotatable bonds is 9. The lowest BCUT2D eigenvalue weighted by atomic mass is 9.69. The molecular weight excluding hydrogens is 346 g/mol. The molecule has 0 spiro atoms. The Balaban J connectivity index is 2.22. The molecule has 1 atom stereocenters. The molecule has 0 aromatic heterocycles. The molecule has 0 radical (unpaired) electrons. The van der Waals surface area contributed by atoms with Gasteiger partial charge in [-0.05, 0) is 61.8 Å². The Morgan fingerprint density at radius 1 is 1.32 bits per heavy atom. The first-order valence-corrected chi connectivity index (χ1v) is 11.1. The van der Waals surface area contributed by atoms with E-state index in [1.165, 1.54) is 29.7 Å². The average Bonchev–Trinajstić information content (AvgIpc) is 2.60. The van der Waals surface area contributed by atoms with Gasteiger partial charge in [0.05, 0.1) is 0 Å². The highest BCUT2D eigenvalue weighted by atomic mass is 35.5. The van der Waals surface area contributed by atoms with Gasteiger partial charge in [-0.25, -0.2) is 0 Å². The Hall–Kier alpha value is -0.860. The number of likely N-dealkylation sites (tertiary alicyclic amines) is 1. The van der Waals surface area contributed by atoms with Gasteiger partial charge in [0.2, 0.25) is 0 Å². The molecule has 138 valence electrons. The Morgan fingerprint density at radius 3 is 2.80 bits per heavy atom. The van der Waals surface area contributed by atoms with Crippen molar-refractivity contribution in [2.75, 3.05) is 25.1 Å². The zero-order valence-corrected chi connectivity index (χ0v) is 17.4. The van der Waals surface area contributed by atoms with Crippen LogP contribution >= 0.6 is 23.4 Å². The van der Waals surface area contributed by atoms with Crippen LogP contribution in [0.1, 0.15) is 44.6 Å². The first-order valence-electron chi connectivity index (χ1n) is 9.35. The molecule has 1 unspecified atom stereocenters. The third-order valence-corrected chi connectivity index (χ3v) is 6.20. The highest BCUT2D eigenvalue weighted by Gasteiger charge is 2.37. The quantitative estimate of drug-likeness (QED) is 0.446. The predicted octanol–water partition coefficient (Wildman–Crippen LogP) is 6.59. The van der Waals surface area contributed by atoms with Gasteiger partial charge in [-0.2, -0.15) is 11.8 Å². The lowest BCUT2D eigenvalue weighted by molar-refractivity contribution is 0.141. The van der Waals surface area contributed by atoms with Crippen LogP contribution in [-0.4, -0.2) is 30.0 Å². The van der Waals surface area contributed by atoms with E-state index in [1.54, 1.807) is 0 Å². The normalized spacial score (nSPS) is 20.5. The monoisotopic (exact) mass is 377 g/mol. The second kappa shape index (κ2) is 9.73. The summed E-state index contributed by atoms with van der Waals surface area (Å²) in [6.07, 6.45) is 8.95. The van der Waals surface area contributed by atoms with Crippen LogP contribution in [0, 0.1) is 5.41 Å². The number of benzene rings is 1. The van der Waals surface area contributed by atoms with E-state index in [9.17, 15) is 0 Å². The Bertz CT molecular complexity index is 597. The van der Waals surface area contributed by atoms with Crippen LogP contribution in [0.5, 0.6) is 0 Å². The van der Waals surface area contributed by atoms with E-state index in [1.807, 2.05) is 17.8 Å². The van der Waals surface area contributed by atoms with Gasteiger partial charge in [-0.1, -0.05) is 55.8 Å². The van der Waals surface area contributed by atoms with E-state index >= 15 is 0 Å². The molecule has 1 nitrogen and oxygen atoms in total. The van der Waals surface area contributed by atoms with Crippen molar-refractivity contribution in [3.63, 3.8) is 0 Å². The molecule has 2 rings (SSSR count). The van der Waals surface area contributed by atoms with Crippen LogP contribution in [0.3, 0.4) is 0 Å². The number of halogens is 1. The van der Waals surface area contributed by atoms with E-state index in [2.05, 4.69) is 49.4 Å². The summed E-state index contributed by atoms with van der Waals surface area (Å²) in [5.41, 5.74) is 4.15. The lowest BCUT2D eigenvalue weighted by Gasteiger charge is -2.46. The van der Waals surface area contributed by atoms with Crippen LogP contribution in [0.25, 0.3) is 0 Å². The van der Waals surface area contributed by atoms with E-state index in [0.29, 0.717) is 0 Å². The molecule has 1 aromatic rings. The highest BCUT2D eigenvalue weighted by Crippen LogP contribution is 2.42. The summed E-state index contributed by atoms with van der Waals surface area (Å²) in [4.78, 5) is 2.52. The zero-order valence-electron chi connectivity index (χ0n) is 15.8. The molecule has 1 saturated heterocycles. The van der Waals surface area contributed by atoms with Crippen molar-refractivity contribution in [1.82, 2.24) is 4.90 Å². The second-order valence-corrected chi connectivity index (χ2v) is 8.70. The number of hydrogen-bond donors (Lipinski definition) is 0. The number of nitrogens with zero attached hydrogens (tertiary/aromatic N) is 1. The smallest absolute Gasteiger partial charge is 0.0408 e. The zero-order chi connectivity index (χ0) is 18.3. The van der Waals surface area contributed by atoms with Crippen molar-refractivity contribution >= 4 is 23.4 Å². The molecule has 0 saturated carbocycles. The summed E-state index contributed by atoms with van der Waals surface area (Å²) < 4.78 is 0. The van der Waals surface area contributed by atoms with Crippen LogP contribution < -0.4 is 0 Å². The maximum Gasteiger partial charge on any atom is 0.0408 e. The topological polar surface area (TPSA) is 3.24 Å². The molecule has 1 aliphatic rings. The van der Waals surface area contributed by atoms with Crippen molar-refractivity contribution in [3.05, 3.63) is 59.3 Å². The fourth-order valence-electron chi connectivity index (χ4n) is 3.94. The largest absolute Gasteiger partial charge is 0.374 e. The summed E-state index contributed by atoms with van der Waals surface area (Å²) in [5, 5.41) is 0.825. The van der Waals surface area contributed by atoms with Gasteiger partial charge in [-0.15, -0.1) is 0 Å². The van der Waals surface area contributed by atoms with Crippen molar-refractivity contribution in [2.24, 2.45) is 5.41 Å². The number of piperidine rings is 1. The third kappa shape index (κ3) is 5.56. The minimum Gasteiger partial charge on any atom is -0.374 e. The van der Waals surface area contributed by atoms with E-state index in [-0.39, 0.29) is 5.41 Å². The molecule has 1 aromatic carbocycles. The lowest BCUT2D eigenvalue weighted by Crippen LogP contribution is -2.45. The predicted molar refractivity (Wildman–Crippen MR) is 115 cm³/mol. The van der Waals surface area contributed by atoms with E-state index in [4.69, 9.17) is 11.6 Å². The standard InChI is InChI=1S/C22H32ClNS/c1-5-8-18(2)22(16-20-9-6-10-21(23)15-20)12-7-13-24(17-22)19(3)11-14-25-4/h6,9-10,15H,2-3,5,7-8,11-14,16-17H2,1,4H3. The summed E-state index contributed by atoms with van der Waals surface area (Å²) in [7, 11) is 0. The van der Waals surface area contributed by atoms with Crippen molar-refractivity contribution in [3.8, 4) is 0 Å². The van der Waals surface area contributed by atoms with Crippen molar-refractivity contribution < 1.29 is 0 Å². The Morgan fingerprint density at radius 2 is 2.12 bits per heavy atom. The third-order valence-electron chi connectivity index (χ3n) is 5.35. The van der Waals surface area contributed by atoms with Gasteiger partial charge in [0, 0.05) is 29.2 Å². The van der Waals surface area contributed by atoms with Crippen molar-refractivity contribution in [2.45, 2.75) is 45.4 Å². The molecule has 1 aliphatic heterocycles. The molecule has 1 fully saturated rings. The molecule has 0 aliphatic carbocycles. The van der Waals surface area contributed by atoms with Crippen LogP contribution in [0.2, 0.25) is 5.02 Å². The van der Waals surface area contributed by atoms with Crippen LogP contribution in [0.4, 0.5) is 0 Å². The summed E-state index contributed by atoms with van der Waals surface area (Å²) in [6.45, 7) is 13.3. The molecule has 3 heteroatoms. The highest BCUT2D eigenvalue weighted by molar-refractivity contribution is 7.98. The van der Waals surface area contributed by atoms with Gasteiger partial charge in [0.25, 0.3) is 0 Å². The van der Waals surface area contributed by atoms with E-state index < -0.39 is 0 Å². The fourth-order valence-corrected chi connectivity index (χ4v) is 4.59.